The van der Waals surface area contributed by atoms with Crippen molar-refractivity contribution in [3.05, 3.63) is 17.5 Å². The molecule has 0 bridgehead atoms. The maximum absolute atomic E-state index is 5.72. The van der Waals surface area contributed by atoms with Crippen molar-refractivity contribution in [2.24, 2.45) is 12.8 Å². The Morgan fingerprint density at radius 3 is 2.83 bits per heavy atom. The first-order valence-electron chi connectivity index (χ1n) is 4.40. The zero-order chi connectivity index (χ0) is 9.14. The molecule has 0 aliphatic rings. The van der Waals surface area contributed by atoms with Crippen molar-refractivity contribution < 1.29 is 0 Å². The Kier molecular flexibility index (Phi) is 2.87. The highest BCUT2D eigenvalue weighted by molar-refractivity contribution is 5.17. The summed E-state index contributed by atoms with van der Waals surface area (Å²) in [6.45, 7) is 4.14. The molecule has 3 nitrogen and oxygen atoms in total. The van der Waals surface area contributed by atoms with Gasteiger partial charge in [-0.2, -0.15) is 5.10 Å². The number of hydrogen-bond acceptors (Lipinski definition) is 2. The predicted molar refractivity (Wildman–Crippen MR) is 49.9 cm³/mol. The van der Waals surface area contributed by atoms with Crippen molar-refractivity contribution >= 4 is 0 Å². The largest absolute Gasteiger partial charge is 0.328 e. The van der Waals surface area contributed by atoms with E-state index >= 15 is 0 Å². The van der Waals surface area contributed by atoms with Crippen LogP contribution < -0.4 is 5.73 Å². The first-order chi connectivity index (χ1) is 5.63. The monoisotopic (exact) mass is 167 g/mol. The maximum atomic E-state index is 5.72. The van der Waals surface area contributed by atoms with Gasteiger partial charge in [-0.3, -0.25) is 4.68 Å². The third-order valence-electron chi connectivity index (χ3n) is 1.87. The van der Waals surface area contributed by atoms with Crippen molar-refractivity contribution in [2.45, 2.75) is 32.7 Å². The molecule has 68 valence electrons. The molecule has 1 rings (SSSR count). The molecule has 0 radical (unpaired) electrons. The molecule has 0 fully saturated rings. The molecule has 1 unspecified atom stereocenters. The molecule has 1 aromatic rings. The molecule has 0 aromatic carbocycles. The molecule has 1 aromatic heterocycles. The van der Waals surface area contributed by atoms with E-state index in [0.717, 1.165) is 12.8 Å². The van der Waals surface area contributed by atoms with Gasteiger partial charge in [0.1, 0.15) is 0 Å². The third-order valence-corrected chi connectivity index (χ3v) is 1.87. The quantitative estimate of drug-likeness (QED) is 0.726. The molecule has 0 aliphatic carbocycles. The lowest BCUT2D eigenvalue weighted by molar-refractivity contribution is 0.731. The normalized spacial score (nSPS) is 13.3. The number of nitrogens with two attached hydrogens (primary N) is 1. The zero-order valence-corrected chi connectivity index (χ0v) is 8.04. The van der Waals surface area contributed by atoms with Gasteiger partial charge in [0.05, 0.1) is 5.69 Å². The van der Waals surface area contributed by atoms with Crippen molar-refractivity contribution in [3.8, 4) is 0 Å². The molecule has 3 heteroatoms. The summed E-state index contributed by atoms with van der Waals surface area (Å²) in [6.07, 6.45) is 3.97. The second-order valence-electron chi connectivity index (χ2n) is 3.31. The van der Waals surface area contributed by atoms with Gasteiger partial charge in [-0.1, -0.05) is 6.92 Å². The summed E-state index contributed by atoms with van der Waals surface area (Å²) in [5.41, 5.74) is 8.18. The molecular weight excluding hydrogens is 150 g/mol. The van der Waals surface area contributed by atoms with E-state index in [9.17, 15) is 0 Å². The van der Waals surface area contributed by atoms with Crippen molar-refractivity contribution in [1.82, 2.24) is 9.78 Å². The van der Waals surface area contributed by atoms with Crippen LogP contribution in [-0.4, -0.2) is 15.8 Å². The van der Waals surface area contributed by atoms with E-state index in [1.165, 1.54) is 11.3 Å². The Morgan fingerprint density at radius 1 is 1.67 bits per heavy atom. The SMILES string of the molecule is CCc1nn(C)cc1CC(C)N. The fraction of sp³-hybridized carbons (Fsp3) is 0.667. The third kappa shape index (κ3) is 2.08. The Morgan fingerprint density at radius 2 is 2.33 bits per heavy atom. The first-order valence-corrected chi connectivity index (χ1v) is 4.40. The van der Waals surface area contributed by atoms with Gasteiger partial charge >= 0.3 is 0 Å². The van der Waals surface area contributed by atoms with E-state index in [2.05, 4.69) is 18.2 Å². The first kappa shape index (κ1) is 9.26. The van der Waals surface area contributed by atoms with Crippen molar-refractivity contribution in [2.75, 3.05) is 0 Å². The smallest absolute Gasteiger partial charge is 0.0654 e. The van der Waals surface area contributed by atoms with Gasteiger partial charge in [0.25, 0.3) is 0 Å². The fourth-order valence-electron chi connectivity index (χ4n) is 1.40. The van der Waals surface area contributed by atoms with E-state index in [1.54, 1.807) is 0 Å². The highest BCUT2D eigenvalue weighted by Gasteiger charge is 2.06. The highest BCUT2D eigenvalue weighted by Crippen LogP contribution is 2.08. The van der Waals surface area contributed by atoms with Crippen LogP contribution in [0.4, 0.5) is 0 Å². The Hall–Kier alpha value is -0.830. The molecule has 12 heavy (non-hydrogen) atoms. The summed E-state index contributed by atoms with van der Waals surface area (Å²) in [6, 6.07) is 0.222. The van der Waals surface area contributed by atoms with Gasteiger partial charge in [-0.05, 0) is 25.3 Å². The maximum Gasteiger partial charge on any atom is 0.0654 e. The van der Waals surface area contributed by atoms with E-state index in [0.29, 0.717) is 0 Å². The molecular formula is C9H17N3. The number of nitrogens with zero attached hydrogens (tertiary/aromatic N) is 2. The Balaban J connectivity index is 2.81. The summed E-state index contributed by atoms with van der Waals surface area (Å²) in [5.74, 6) is 0. The molecule has 0 saturated heterocycles. The fourth-order valence-corrected chi connectivity index (χ4v) is 1.40. The summed E-state index contributed by atoms with van der Waals surface area (Å²) >= 11 is 0. The van der Waals surface area contributed by atoms with Gasteiger partial charge in [-0.25, -0.2) is 0 Å². The van der Waals surface area contributed by atoms with Crippen LogP contribution in [0.3, 0.4) is 0 Å². The lowest BCUT2D eigenvalue weighted by Gasteiger charge is -2.02. The van der Waals surface area contributed by atoms with Crippen LogP contribution in [0.5, 0.6) is 0 Å². The molecule has 2 N–H and O–H groups in total. The van der Waals surface area contributed by atoms with Crippen LogP contribution in [0.15, 0.2) is 6.20 Å². The molecule has 0 spiro atoms. The van der Waals surface area contributed by atoms with Crippen LogP contribution in [0.1, 0.15) is 25.1 Å². The van der Waals surface area contributed by atoms with Gasteiger partial charge in [0.2, 0.25) is 0 Å². The molecule has 1 heterocycles. The van der Waals surface area contributed by atoms with E-state index in [4.69, 9.17) is 5.73 Å². The number of aryl methyl sites for hydroxylation is 2. The standard InChI is InChI=1S/C9H17N3/c1-4-9-8(5-7(2)10)6-12(3)11-9/h6-7H,4-5,10H2,1-3H3. The van der Waals surface area contributed by atoms with Crippen LogP contribution in [-0.2, 0) is 19.9 Å². The minimum atomic E-state index is 0.222. The van der Waals surface area contributed by atoms with Gasteiger partial charge in [-0.15, -0.1) is 0 Å². The van der Waals surface area contributed by atoms with Crippen LogP contribution in [0, 0.1) is 0 Å². The van der Waals surface area contributed by atoms with E-state index < -0.39 is 0 Å². The Bertz CT molecular complexity index is 250. The minimum absolute atomic E-state index is 0.222. The van der Waals surface area contributed by atoms with Crippen molar-refractivity contribution in [3.63, 3.8) is 0 Å². The van der Waals surface area contributed by atoms with Gasteiger partial charge in [0.15, 0.2) is 0 Å². The van der Waals surface area contributed by atoms with Crippen molar-refractivity contribution in [1.29, 1.82) is 0 Å². The lowest BCUT2D eigenvalue weighted by atomic mass is 10.1. The van der Waals surface area contributed by atoms with E-state index in [-0.39, 0.29) is 6.04 Å². The Labute approximate surface area is 73.6 Å². The summed E-state index contributed by atoms with van der Waals surface area (Å²) in [5, 5.41) is 4.34. The zero-order valence-electron chi connectivity index (χ0n) is 8.04. The summed E-state index contributed by atoms with van der Waals surface area (Å²) in [4.78, 5) is 0. The topological polar surface area (TPSA) is 43.8 Å². The summed E-state index contributed by atoms with van der Waals surface area (Å²) < 4.78 is 1.86. The van der Waals surface area contributed by atoms with Crippen LogP contribution in [0.25, 0.3) is 0 Å². The number of aromatic nitrogens is 2. The van der Waals surface area contributed by atoms with Gasteiger partial charge in [0, 0.05) is 19.3 Å². The molecule has 0 saturated carbocycles. The molecule has 0 aliphatic heterocycles. The average Bonchev–Trinajstić information content (AvgIpc) is 2.29. The molecule has 1 atom stereocenters. The van der Waals surface area contributed by atoms with Crippen LogP contribution >= 0.6 is 0 Å². The number of rotatable bonds is 3. The second-order valence-corrected chi connectivity index (χ2v) is 3.31. The van der Waals surface area contributed by atoms with Crippen LogP contribution in [0.2, 0.25) is 0 Å². The molecule has 0 amide bonds. The minimum Gasteiger partial charge on any atom is -0.328 e. The predicted octanol–water partition coefficient (Wildman–Crippen LogP) is 0.872. The van der Waals surface area contributed by atoms with Gasteiger partial charge < -0.3 is 5.73 Å². The average molecular weight is 167 g/mol. The second kappa shape index (κ2) is 3.72. The lowest BCUT2D eigenvalue weighted by Crippen LogP contribution is -2.18. The number of hydrogen-bond donors (Lipinski definition) is 1. The summed E-state index contributed by atoms with van der Waals surface area (Å²) in [7, 11) is 1.95. The highest BCUT2D eigenvalue weighted by atomic mass is 15.2. The van der Waals surface area contributed by atoms with E-state index in [1.807, 2.05) is 18.7 Å².